The molecule has 1 fully saturated rings. The summed E-state index contributed by atoms with van der Waals surface area (Å²) in [5, 5.41) is 4.13. The Morgan fingerprint density at radius 3 is 2.95 bits per heavy atom. The summed E-state index contributed by atoms with van der Waals surface area (Å²) in [5.41, 5.74) is 6.59. The SMILES string of the molecule is C[C@@H](C(=O)N1CCC[C@@H](C(N)=O)C1)N(C)Cc1ccsc1. The number of primary amides is 1. The molecule has 0 bridgehead atoms. The fourth-order valence-electron chi connectivity index (χ4n) is 2.67. The van der Waals surface area contributed by atoms with Gasteiger partial charge >= 0.3 is 0 Å². The smallest absolute Gasteiger partial charge is 0.239 e. The lowest BCUT2D eigenvalue weighted by Crippen LogP contribution is -2.50. The van der Waals surface area contributed by atoms with Crippen LogP contribution in [-0.4, -0.2) is 47.8 Å². The van der Waals surface area contributed by atoms with E-state index in [1.165, 1.54) is 5.56 Å². The van der Waals surface area contributed by atoms with Gasteiger partial charge in [-0.25, -0.2) is 0 Å². The summed E-state index contributed by atoms with van der Waals surface area (Å²) in [7, 11) is 1.95. The number of rotatable bonds is 5. The van der Waals surface area contributed by atoms with Crippen LogP contribution >= 0.6 is 11.3 Å². The van der Waals surface area contributed by atoms with E-state index < -0.39 is 0 Å². The lowest BCUT2D eigenvalue weighted by Gasteiger charge is -2.35. The number of likely N-dealkylation sites (N-methyl/N-ethyl adjacent to an activating group) is 1. The van der Waals surface area contributed by atoms with Gasteiger partial charge in [0.05, 0.1) is 12.0 Å². The van der Waals surface area contributed by atoms with E-state index >= 15 is 0 Å². The van der Waals surface area contributed by atoms with Crippen LogP contribution in [0.3, 0.4) is 0 Å². The van der Waals surface area contributed by atoms with Crippen molar-refractivity contribution in [3.05, 3.63) is 22.4 Å². The molecule has 1 aliphatic heterocycles. The van der Waals surface area contributed by atoms with Crippen LogP contribution < -0.4 is 5.73 Å². The predicted molar refractivity (Wildman–Crippen MR) is 83.7 cm³/mol. The second-order valence-corrected chi connectivity index (χ2v) is 6.53. The number of hydrogen-bond donors (Lipinski definition) is 1. The van der Waals surface area contributed by atoms with Gasteiger partial charge in [0.15, 0.2) is 0 Å². The lowest BCUT2D eigenvalue weighted by molar-refractivity contribution is -0.139. The summed E-state index contributed by atoms with van der Waals surface area (Å²) in [5.74, 6) is -0.414. The standard InChI is InChI=1S/C15H23N3O2S/c1-11(17(2)8-12-5-7-21-10-12)15(20)18-6-3-4-13(9-18)14(16)19/h5,7,10-11,13H,3-4,6,8-9H2,1-2H3,(H2,16,19)/t11-,13+/m0/s1. The Balaban J connectivity index is 1.93. The van der Waals surface area contributed by atoms with E-state index in [0.717, 1.165) is 25.9 Å². The predicted octanol–water partition coefficient (Wildman–Crippen LogP) is 1.29. The van der Waals surface area contributed by atoms with Crippen molar-refractivity contribution in [3.8, 4) is 0 Å². The molecule has 0 unspecified atom stereocenters. The van der Waals surface area contributed by atoms with E-state index in [2.05, 4.69) is 11.4 Å². The zero-order chi connectivity index (χ0) is 15.4. The highest BCUT2D eigenvalue weighted by atomic mass is 32.1. The van der Waals surface area contributed by atoms with Gasteiger partial charge in [0.1, 0.15) is 0 Å². The molecule has 0 aliphatic carbocycles. The number of amides is 2. The van der Waals surface area contributed by atoms with Gasteiger partial charge in [0.2, 0.25) is 11.8 Å². The summed E-state index contributed by atoms with van der Waals surface area (Å²) in [6.07, 6.45) is 1.64. The maximum atomic E-state index is 12.6. The molecule has 2 amide bonds. The van der Waals surface area contributed by atoms with Gasteiger partial charge in [-0.05, 0) is 49.2 Å². The van der Waals surface area contributed by atoms with Gasteiger partial charge in [-0.2, -0.15) is 11.3 Å². The number of carbonyl (C=O) groups is 2. The minimum absolute atomic E-state index is 0.0821. The Bertz CT molecular complexity index is 489. The van der Waals surface area contributed by atoms with E-state index in [1.807, 2.05) is 24.3 Å². The molecule has 6 heteroatoms. The molecule has 2 heterocycles. The lowest BCUT2D eigenvalue weighted by atomic mass is 9.97. The summed E-state index contributed by atoms with van der Waals surface area (Å²) in [6, 6.07) is 1.87. The first-order valence-electron chi connectivity index (χ1n) is 7.28. The Labute approximate surface area is 129 Å². The van der Waals surface area contributed by atoms with Gasteiger partial charge in [-0.15, -0.1) is 0 Å². The first kappa shape index (κ1) is 16.0. The molecule has 0 spiro atoms. The first-order chi connectivity index (χ1) is 9.99. The van der Waals surface area contributed by atoms with E-state index in [4.69, 9.17) is 5.73 Å². The Kier molecular flexibility index (Phi) is 5.36. The van der Waals surface area contributed by atoms with Gasteiger partial charge in [-0.3, -0.25) is 14.5 Å². The molecule has 21 heavy (non-hydrogen) atoms. The average molecular weight is 309 g/mol. The molecule has 1 saturated heterocycles. The number of hydrogen-bond acceptors (Lipinski definition) is 4. The van der Waals surface area contributed by atoms with E-state index in [9.17, 15) is 9.59 Å². The summed E-state index contributed by atoms with van der Waals surface area (Å²) < 4.78 is 0. The molecule has 2 atom stereocenters. The van der Waals surface area contributed by atoms with Crippen LogP contribution in [0.25, 0.3) is 0 Å². The first-order valence-corrected chi connectivity index (χ1v) is 8.22. The molecule has 0 aromatic carbocycles. The maximum absolute atomic E-state index is 12.6. The van der Waals surface area contributed by atoms with Gasteiger partial charge in [0.25, 0.3) is 0 Å². The fraction of sp³-hybridized carbons (Fsp3) is 0.600. The molecule has 2 N–H and O–H groups in total. The van der Waals surface area contributed by atoms with Crippen LogP contribution in [0.1, 0.15) is 25.3 Å². The fourth-order valence-corrected chi connectivity index (χ4v) is 3.33. The summed E-state index contributed by atoms with van der Waals surface area (Å²) in [4.78, 5) is 27.7. The molecule has 0 radical (unpaired) electrons. The number of piperidine rings is 1. The molecule has 0 saturated carbocycles. The Morgan fingerprint density at radius 2 is 2.33 bits per heavy atom. The van der Waals surface area contributed by atoms with Gasteiger partial charge in [-0.1, -0.05) is 0 Å². The van der Waals surface area contributed by atoms with Gasteiger partial charge in [0, 0.05) is 19.6 Å². The molecular weight excluding hydrogens is 286 g/mol. The number of carbonyl (C=O) groups excluding carboxylic acids is 2. The van der Waals surface area contributed by atoms with Crippen LogP contribution in [0.15, 0.2) is 16.8 Å². The number of likely N-dealkylation sites (tertiary alicyclic amines) is 1. The molecule has 5 nitrogen and oxygen atoms in total. The zero-order valence-corrected chi connectivity index (χ0v) is 13.4. The van der Waals surface area contributed by atoms with Crippen molar-refractivity contribution in [2.75, 3.05) is 20.1 Å². The Hall–Kier alpha value is -1.40. The van der Waals surface area contributed by atoms with Crippen molar-refractivity contribution in [2.24, 2.45) is 11.7 Å². The van der Waals surface area contributed by atoms with Crippen molar-refractivity contribution in [2.45, 2.75) is 32.4 Å². The maximum Gasteiger partial charge on any atom is 0.239 e. The van der Waals surface area contributed by atoms with E-state index in [1.54, 1.807) is 16.2 Å². The van der Waals surface area contributed by atoms with Crippen LogP contribution in [0.2, 0.25) is 0 Å². The largest absolute Gasteiger partial charge is 0.369 e. The van der Waals surface area contributed by atoms with Crippen LogP contribution in [-0.2, 0) is 16.1 Å². The second-order valence-electron chi connectivity index (χ2n) is 5.75. The quantitative estimate of drug-likeness (QED) is 0.891. The highest BCUT2D eigenvalue weighted by molar-refractivity contribution is 7.07. The molecule has 1 aromatic rings. The summed E-state index contributed by atoms with van der Waals surface area (Å²) in [6.45, 7) is 3.86. The van der Waals surface area contributed by atoms with Crippen molar-refractivity contribution >= 4 is 23.2 Å². The third-order valence-corrected chi connectivity index (χ3v) is 4.90. The molecule has 116 valence electrons. The highest BCUT2D eigenvalue weighted by Crippen LogP contribution is 2.18. The van der Waals surface area contributed by atoms with Crippen molar-refractivity contribution < 1.29 is 9.59 Å². The average Bonchev–Trinajstić information content (AvgIpc) is 2.98. The number of nitrogens with zero attached hydrogens (tertiary/aromatic N) is 2. The third kappa shape index (κ3) is 4.04. The van der Waals surface area contributed by atoms with Crippen LogP contribution in [0, 0.1) is 5.92 Å². The summed E-state index contributed by atoms with van der Waals surface area (Å²) >= 11 is 1.66. The third-order valence-electron chi connectivity index (χ3n) is 4.17. The van der Waals surface area contributed by atoms with Crippen molar-refractivity contribution in [1.29, 1.82) is 0 Å². The Morgan fingerprint density at radius 1 is 1.57 bits per heavy atom. The van der Waals surface area contributed by atoms with Gasteiger partial charge < -0.3 is 10.6 Å². The van der Waals surface area contributed by atoms with Crippen LogP contribution in [0.4, 0.5) is 0 Å². The van der Waals surface area contributed by atoms with E-state index in [0.29, 0.717) is 6.54 Å². The van der Waals surface area contributed by atoms with E-state index in [-0.39, 0.29) is 23.8 Å². The topological polar surface area (TPSA) is 66.6 Å². The molecule has 1 aromatic heterocycles. The number of thiophene rings is 1. The second kappa shape index (κ2) is 7.04. The monoisotopic (exact) mass is 309 g/mol. The normalized spacial score (nSPS) is 20.5. The molecule has 2 rings (SSSR count). The highest BCUT2D eigenvalue weighted by Gasteiger charge is 2.30. The van der Waals surface area contributed by atoms with Crippen LogP contribution in [0.5, 0.6) is 0 Å². The van der Waals surface area contributed by atoms with Crippen molar-refractivity contribution in [3.63, 3.8) is 0 Å². The zero-order valence-electron chi connectivity index (χ0n) is 12.6. The molecule has 1 aliphatic rings. The minimum Gasteiger partial charge on any atom is -0.369 e. The van der Waals surface area contributed by atoms with Crippen molar-refractivity contribution in [1.82, 2.24) is 9.80 Å². The number of nitrogens with two attached hydrogens (primary N) is 1. The molecular formula is C15H23N3O2S. The minimum atomic E-state index is -0.299.